The van der Waals surface area contributed by atoms with Crippen molar-refractivity contribution in [2.45, 2.75) is 38.6 Å². The Balaban J connectivity index is 2.40. The van der Waals surface area contributed by atoms with Crippen molar-refractivity contribution in [2.75, 3.05) is 33.7 Å². The van der Waals surface area contributed by atoms with Crippen molar-refractivity contribution < 1.29 is 14.7 Å². The first-order chi connectivity index (χ1) is 9.43. The fourth-order valence-corrected chi connectivity index (χ4v) is 2.62. The number of hydrogen-bond donors (Lipinski definition) is 2. The van der Waals surface area contributed by atoms with Gasteiger partial charge in [-0.15, -0.1) is 0 Å². The molecule has 0 aromatic heterocycles. The summed E-state index contributed by atoms with van der Waals surface area (Å²) in [5.74, 6) is -0.331. The van der Waals surface area contributed by atoms with Crippen molar-refractivity contribution in [2.24, 2.45) is 5.92 Å². The zero-order valence-electron chi connectivity index (χ0n) is 12.8. The van der Waals surface area contributed by atoms with Gasteiger partial charge in [-0.25, -0.2) is 9.59 Å². The number of hydrogen-bond acceptors (Lipinski definition) is 3. The number of urea groups is 1. The van der Waals surface area contributed by atoms with E-state index in [-0.39, 0.29) is 6.03 Å². The summed E-state index contributed by atoms with van der Waals surface area (Å²) in [5, 5.41) is 11.7. The van der Waals surface area contributed by atoms with Gasteiger partial charge in [0.2, 0.25) is 0 Å². The molecule has 6 heteroatoms. The molecular formula is C14H27N3O3. The highest BCUT2D eigenvalue weighted by atomic mass is 16.4. The number of carbonyl (C=O) groups excluding carboxylic acids is 1. The van der Waals surface area contributed by atoms with Gasteiger partial charge in [0.25, 0.3) is 0 Å². The number of carboxylic acids is 1. The zero-order chi connectivity index (χ0) is 15.1. The first kappa shape index (κ1) is 16.8. The van der Waals surface area contributed by atoms with Crippen molar-refractivity contribution in [1.82, 2.24) is 15.1 Å². The normalized spacial score (nSPS) is 18.1. The molecule has 6 nitrogen and oxygen atoms in total. The maximum Gasteiger partial charge on any atom is 0.326 e. The van der Waals surface area contributed by atoms with E-state index in [1.54, 1.807) is 4.90 Å². The van der Waals surface area contributed by atoms with Crippen molar-refractivity contribution in [1.29, 1.82) is 0 Å². The van der Waals surface area contributed by atoms with Crippen LogP contribution in [0, 0.1) is 5.92 Å². The molecule has 20 heavy (non-hydrogen) atoms. The summed E-state index contributed by atoms with van der Waals surface area (Å²) in [4.78, 5) is 27.0. The van der Waals surface area contributed by atoms with Crippen LogP contribution < -0.4 is 5.32 Å². The van der Waals surface area contributed by atoms with E-state index in [1.807, 2.05) is 6.92 Å². The van der Waals surface area contributed by atoms with Crippen LogP contribution in [0.25, 0.3) is 0 Å². The number of aliphatic carboxylic acids is 1. The number of likely N-dealkylation sites (tertiary alicyclic amines) is 1. The van der Waals surface area contributed by atoms with E-state index < -0.39 is 12.0 Å². The van der Waals surface area contributed by atoms with E-state index in [4.69, 9.17) is 5.11 Å². The summed E-state index contributed by atoms with van der Waals surface area (Å²) < 4.78 is 0. The molecule has 1 aliphatic rings. The molecule has 2 N–H and O–H groups in total. The minimum absolute atomic E-state index is 0.242. The summed E-state index contributed by atoms with van der Waals surface area (Å²) in [6, 6.07) is -1.01. The van der Waals surface area contributed by atoms with E-state index in [0.717, 1.165) is 25.8 Å². The van der Waals surface area contributed by atoms with Crippen LogP contribution in [-0.2, 0) is 4.79 Å². The predicted octanol–water partition coefficient (Wildman–Crippen LogP) is 1.22. The molecule has 0 radical (unpaired) electrons. The third-order valence-corrected chi connectivity index (χ3v) is 3.70. The molecule has 1 saturated heterocycles. The van der Waals surface area contributed by atoms with Gasteiger partial charge in [0.1, 0.15) is 6.04 Å². The molecule has 0 spiro atoms. The minimum atomic E-state index is -0.956. The number of piperidine rings is 1. The lowest BCUT2D eigenvalue weighted by Crippen LogP contribution is -2.50. The minimum Gasteiger partial charge on any atom is -0.480 e. The Kier molecular flexibility index (Phi) is 6.78. The first-order valence-corrected chi connectivity index (χ1v) is 7.37. The largest absolute Gasteiger partial charge is 0.480 e. The fraction of sp³-hybridized carbons (Fsp3) is 0.857. The van der Waals surface area contributed by atoms with E-state index in [9.17, 15) is 9.59 Å². The molecule has 1 atom stereocenters. The van der Waals surface area contributed by atoms with Gasteiger partial charge in [0, 0.05) is 19.6 Å². The van der Waals surface area contributed by atoms with Gasteiger partial charge in [-0.2, -0.15) is 0 Å². The lowest BCUT2D eigenvalue weighted by Gasteiger charge is -2.33. The molecule has 0 aromatic rings. The van der Waals surface area contributed by atoms with Crippen LogP contribution in [0.5, 0.6) is 0 Å². The third-order valence-electron chi connectivity index (χ3n) is 3.70. The lowest BCUT2D eigenvalue weighted by atomic mass is 9.96. The summed E-state index contributed by atoms with van der Waals surface area (Å²) in [6.07, 6.45) is 3.18. The molecule has 0 saturated carbocycles. The highest BCUT2D eigenvalue weighted by Crippen LogP contribution is 2.17. The van der Waals surface area contributed by atoms with Crippen LogP contribution >= 0.6 is 0 Å². The molecule has 0 unspecified atom stereocenters. The van der Waals surface area contributed by atoms with Gasteiger partial charge < -0.3 is 20.2 Å². The van der Waals surface area contributed by atoms with Crippen molar-refractivity contribution in [3.63, 3.8) is 0 Å². The lowest BCUT2D eigenvalue weighted by molar-refractivity contribution is -0.139. The molecule has 1 fully saturated rings. The number of amides is 2. The predicted molar refractivity (Wildman–Crippen MR) is 77.7 cm³/mol. The van der Waals surface area contributed by atoms with E-state index in [0.29, 0.717) is 25.4 Å². The van der Waals surface area contributed by atoms with Crippen LogP contribution in [0.4, 0.5) is 4.79 Å². The zero-order valence-corrected chi connectivity index (χ0v) is 12.8. The van der Waals surface area contributed by atoms with E-state index in [1.165, 1.54) is 0 Å². The van der Waals surface area contributed by atoms with Crippen LogP contribution in [0.3, 0.4) is 0 Å². The fourth-order valence-electron chi connectivity index (χ4n) is 2.62. The van der Waals surface area contributed by atoms with Gasteiger partial charge in [-0.05, 0) is 39.3 Å². The Hall–Kier alpha value is -1.30. The number of carbonyl (C=O) groups is 2. The second-order valence-corrected chi connectivity index (χ2v) is 5.82. The Morgan fingerprint density at radius 1 is 1.35 bits per heavy atom. The van der Waals surface area contributed by atoms with Gasteiger partial charge in [-0.1, -0.05) is 13.3 Å². The summed E-state index contributed by atoms with van der Waals surface area (Å²) >= 11 is 0. The molecule has 0 aromatic carbocycles. The summed E-state index contributed by atoms with van der Waals surface area (Å²) in [6.45, 7) is 4.38. The standard InChI is InChI=1S/C14H27N3O3/c1-4-5-12(13(18)19)15-14(20)17-8-6-11(7-9-17)10-16(2)3/h11-12H,4-10H2,1-3H3,(H,15,20)(H,18,19)/t12-/m0/s1. The van der Waals surface area contributed by atoms with Crippen molar-refractivity contribution >= 4 is 12.0 Å². The van der Waals surface area contributed by atoms with Crippen molar-refractivity contribution in [3.8, 4) is 0 Å². The first-order valence-electron chi connectivity index (χ1n) is 7.37. The molecule has 0 bridgehead atoms. The second kappa shape index (κ2) is 8.09. The molecular weight excluding hydrogens is 258 g/mol. The molecule has 1 heterocycles. The molecule has 1 aliphatic heterocycles. The number of nitrogens with one attached hydrogen (secondary N) is 1. The van der Waals surface area contributed by atoms with Crippen molar-refractivity contribution in [3.05, 3.63) is 0 Å². The maximum absolute atomic E-state index is 12.1. The van der Waals surface area contributed by atoms with Crippen LogP contribution in [0.1, 0.15) is 32.6 Å². The average Bonchev–Trinajstić information content (AvgIpc) is 2.38. The summed E-state index contributed by atoms with van der Waals surface area (Å²) in [5.41, 5.74) is 0. The topological polar surface area (TPSA) is 72.9 Å². The smallest absolute Gasteiger partial charge is 0.326 e. The monoisotopic (exact) mass is 285 g/mol. The Bertz CT molecular complexity index is 326. The molecule has 1 rings (SSSR count). The Morgan fingerprint density at radius 3 is 2.40 bits per heavy atom. The molecule has 2 amide bonds. The quantitative estimate of drug-likeness (QED) is 0.769. The Labute approximate surface area is 121 Å². The second-order valence-electron chi connectivity index (χ2n) is 5.82. The number of rotatable bonds is 6. The highest BCUT2D eigenvalue weighted by Gasteiger charge is 2.26. The molecule has 116 valence electrons. The van der Waals surface area contributed by atoms with E-state index >= 15 is 0 Å². The Morgan fingerprint density at radius 2 is 1.95 bits per heavy atom. The van der Waals surface area contributed by atoms with Gasteiger partial charge in [0.05, 0.1) is 0 Å². The number of nitrogens with zero attached hydrogens (tertiary/aromatic N) is 2. The van der Waals surface area contributed by atoms with Gasteiger partial charge in [-0.3, -0.25) is 0 Å². The van der Waals surface area contributed by atoms with Crippen LogP contribution in [0.2, 0.25) is 0 Å². The van der Waals surface area contributed by atoms with Crippen LogP contribution in [-0.4, -0.2) is 66.7 Å². The highest BCUT2D eigenvalue weighted by molar-refractivity contribution is 5.82. The van der Waals surface area contributed by atoms with Crippen LogP contribution in [0.15, 0.2) is 0 Å². The average molecular weight is 285 g/mol. The van der Waals surface area contributed by atoms with Gasteiger partial charge in [0.15, 0.2) is 0 Å². The maximum atomic E-state index is 12.1. The number of carboxylic acid groups (broad SMARTS) is 1. The third kappa shape index (κ3) is 5.36. The SMILES string of the molecule is CCC[C@H](NC(=O)N1CCC(CN(C)C)CC1)C(=O)O. The van der Waals surface area contributed by atoms with Gasteiger partial charge >= 0.3 is 12.0 Å². The molecule has 0 aliphatic carbocycles. The van der Waals surface area contributed by atoms with E-state index in [2.05, 4.69) is 24.3 Å². The summed E-state index contributed by atoms with van der Waals surface area (Å²) in [7, 11) is 4.11.